The summed E-state index contributed by atoms with van der Waals surface area (Å²) < 4.78 is 0. The largest absolute Gasteiger partial charge is 0.480 e. The first kappa shape index (κ1) is 13.4. The van der Waals surface area contributed by atoms with Crippen LogP contribution in [0.5, 0.6) is 0 Å². The number of alkyl halides is 1. The number of carbonyl (C=O) groups is 1. The monoisotopic (exact) mass is 314 g/mol. The van der Waals surface area contributed by atoms with Crippen molar-refractivity contribution in [2.75, 3.05) is 0 Å². The standard InChI is InChI=1S/C16H11BrO2/c17-15(16(18)19)14-9-5-4-8-13(14)11-10-12-6-2-1-3-7-12/h1-9,15H,(H,18,19). The molecule has 19 heavy (non-hydrogen) atoms. The minimum Gasteiger partial charge on any atom is -0.480 e. The average molecular weight is 315 g/mol. The first-order valence-corrected chi connectivity index (χ1v) is 6.63. The van der Waals surface area contributed by atoms with Crippen molar-refractivity contribution in [3.8, 4) is 11.8 Å². The summed E-state index contributed by atoms with van der Waals surface area (Å²) in [7, 11) is 0. The first-order chi connectivity index (χ1) is 9.18. The number of hydrogen-bond acceptors (Lipinski definition) is 1. The Kier molecular flexibility index (Phi) is 4.38. The zero-order valence-corrected chi connectivity index (χ0v) is 11.6. The molecule has 3 heteroatoms. The molecule has 0 aromatic heterocycles. The van der Waals surface area contributed by atoms with Crippen LogP contribution in [0.4, 0.5) is 0 Å². The van der Waals surface area contributed by atoms with E-state index in [1.807, 2.05) is 42.5 Å². The van der Waals surface area contributed by atoms with Gasteiger partial charge < -0.3 is 5.11 Å². The van der Waals surface area contributed by atoms with Gasteiger partial charge in [0.15, 0.2) is 0 Å². The van der Waals surface area contributed by atoms with Gasteiger partial charge in [0.1, 0.15) is 4.83 Å². The van der Waals surface area contributed by atoms with Crippen LogP contribution >= 0.6 is 15.9 Å². The number of aliphatic carboxylic acids is 1. The van der Waals surface area contributed by atoms with Gasteiger partial charge in [-0.15, -0.1) is 0 Å². The molecule has 0 heterocycles. The second-order valence-electron chi connectivity index (χ2n) is 3.90. The Labute approximate surface area is 120 Å². The van der Waals surface area contributed by atoms with Gasteiger partial charge in [-0.3, -0.25) is 4.79 Å². The maximum atomic E-state index is 11.0. The van der Waals surface area contributed by atoms with Crippen molar-refractivity contribution in [1.82, 2.24) is 0 Å². The Bertz CT molecular complexity index is 639. The molecule has 0 aliphatic rings. The Balaban J connectivity index is 2.37. The first-order valence-electron chi connectivity index (χ1n) is 5.71. The predicted octanol–water partition coefficient (Wildman–Crippen LogP) is 3.61. The third-order valence-corrected chi connectivity index (χ3v) is 3.45. The van der Waals surface area contributed by atoms with Crippen LogP contribution in [0.2, 0.25) is 0 Å². The lowest BCUT2D eigenvalue weighted by molar-refractivity contribution is -0.136. The molecular formula is C16H11BrO2. The summed E-state index contributed by atoms with van der Waals surface area (Å²) in [6.45, 7) is 0. The molecule has 0 amide bonds. The van der Waals surface area contributed by atoms with E-state index in [0.29, 0.717) is 5.56 Å². The number of hydrogen-bond donors (Lipinski definition) is 1. The minimum absolute atomic E-state index is 0.665. The van der Waals surface area contributed by atoms with Crippen molar-refractivity contribution >= 4 is 21.9 Å². The molecule has 0 saturated heterocycles. The molecule has 1 atom stereocenters. The van der Waals surface area contributed by atoms with Crippen molar-refractivity contribution < 1.29 is 9.90 Å². The molecule has 1 unspecified atom stereocenters. The fourth-order valence-corrected chi connectivity index (χ4v) is 2.03. The van der Waals surface area contributed by atoms with E-state index in [4.69, 9.17) is 5.11 Å². The molecular weight excluding hydrogens is 304 g/mol. The van der Waals surface area contributed by atoms with Gasteiger partial charge in [0.25, 0.3) is 0 Å². The van der Waals surface area contributed by atoms with Crippen molar-refractivity contribution in [1.29, 1.82) is 0 Å². The molecule has 0 aliphatic heterocycles. The smallest absolute Gasteiger partial charge is 0.321 e. The van der Waals surface area contributed by atoms with Gasteiger partial charge in [-0.05, 0) is 23.8 Å². The molecule has 0 fully saturated rings. The Morgan fingerprint density at radius 3 is 2.32 bits per heavy atom. The zero-order chi connectivity index (χ0) is 13.7. The second kappa shape index (κ2) is 6.21. The van der Waals surface area contributed by atoms with Gasteiger partial charge in [-0.25, -0.2) is 0 Å². The fraction of sp³-hybridized carbons (Fsp3) is 0.0625. The average Bonchev–Trinajstić information content (AvgIpc) is 2.45. The maximum Gasteiger partial charge on any atom is 0.321 e. The van der Waals surface area contributed by atoms with E-state index in [0.717, 1.165) is 11.1 Å². The summed E-state index contributed by atoms with van der Waals surface area (Å²) >= 11 is 3.16. The van der Waals surface area contributed by atoms with Gasteiger partial charge in [-0.1, -0.05) is 64.2 Å². The van der Waals surface area contributed by atoms with E-state index < -0.39 is 10.8 Å². The van der Waals surface area contributed by atoms with E-state index in [-0.39, 0.29) is 0 Å². The van der Waals surface area contributed by atoms with Crippen LogP contribution in [-0.2, 0) is 4.79 Å². The van der Waals surface area contributed by atoms with Crippen molar-refractivity contribution in [2.24, 2.45) is 0 Å². The van der Waals surface area contributed by atoms with Gasteiger partial charge in [0, 0.05) is 11.1 Å². The highest BCUT2D eigenvalue weighted by atomic mass is 79.9. The molecule has 0 saturated carbocycles. The topological polar surface area (TPSA) is 37.3 Å². The zero-order valence-electron chi connectivity index (χ0n) is 10.0. The van der Waals surface area contributed by atoms with Crippen LogP contribution in [0.1, 0.15) is 21.5 Å². The van der Waals surface area contributed by atoms with Crippen molar-refractivity contribution in [3.05, 3.63) is 71.3 Å². The van der Waals surface area contributed by atoms with Crippen LogP contribution in [0.3, 0.4) is 0 Å². The van der Waals surface area contributed by atoms with Gasteiger partial charge in [0.2, 0.25) is 0 Å². The number of benzene rings is 2. The second-order valence-corrected chi connectivity index (χ2v) is 4.82. The lowest BCUT2D eigenvalue weighted by Gasteiger charge is -2.07. The Morgan fingerprint density at radius 2 is 1.63 bits per heavy atom. The van der Waals surface area contributed by atoms with Crippen molar-refractivity contribution in [3.63, 3.8) is 0 Å². The quantitative estimate of drug-likeness (QED) is 0.679. The van der Waals surface area contributed by atoms with E-state index in [1.165, 1.54) is 0 Å². The number of rotatable bonds is 2. The highest BCUT2D eigenvalue weighted by molar-refractivity contribution is 9.09. The highest BCUT2D eigenvalue weighted by Crippen LogP contribution is 2.25. The number of halogens is 1. The lowest BCUT2D eigenvalue weighted by atomic mass is 10.0. The SMILES string of the molecule is O=C(O)C(Br)c1ccccc1C#Cc1ccccc1. The number of carboxylic acids is 1. The van der Waals surface area contributed by atoms with E-state index in [2.05, 4.69) is 27.8 Å². The summed E-state index contributed by atoms with van der Waals surface area (Å²) in [6.07, 6.45) is 0. The number of carboxylic acid groups (broad SMARTS) is 1. The molecule has 2 nitrogen and oxygen atoms in total. The van der Waals surface area contributed by atoms with Gasteiger partial charge >= 0.3 is 5.97 Å². The molecule has 94 valence electrons. The third-order valence-electron chi connectivity index (χ3n) is 2.57. The molecule has 0 radical (unpaired) electrons. The molecule has 0 bridgehead atoms. The molecule has 2 aromatic carbocycles. The summed E-state index contributed by atoms with van der Waals surface area (Å²) in [4.78, 5) is 10.3. The molecule has 0 spiro atoms. The van der Waals surface area contributed by atoms with E-state index in [9.17, 15) is 4.79 Å². The van der Waals surface area contributed by atoms with Gasteiger partial charge in [-0.2, -0.15) is 0 Å². The van der Waals surface area contributed by atoms with Crippen molar-refractivity contribution in [2.45, 2.75) is 4.83 Å². The van der Waals surface area contributed by atoms with Crippen LogP contribution in [-0.4, -0.2) is 11.1 Å². The molecule has 0 aliphatic carbocycles. The summed E-state index contributed by atoms with van der Waals surface area (Å²) in [6, 6.07) is 16.8. The van der Waals surface area contributed by atoms with Crippen LogP contribution < -0.4 is 0 Å². The Hall–Kier alpha value is -2.05. The van der Waals surface area contributed by atoms with Crippen LogP contribution in [0.15, 0.2) is 54.6 Å². The predicted molar refractivity (Wildman–Crippen MR) is 78.2 cm³/mol. The molecule has 2 aromatic rings. The fourth-order valence-electron chi connectivity index (χ4n) is 1.63. The molecule has 1 N–H and O–H groups in total. The highest BCUT2D eigenvalue weighted by Gasteiger charge is 2.17. The summed E-state index contributed by atoms with van der Waals surface area (Å²) in [5.74, 6) is 5.13. The van der Waals surface area contributed by atoms with E-state index in [1.54, 1.807) is 12.1 Å². The molecule has 2 rings (SSSR count). The maximum absolute atomic E-state index is 11.0. The normalized spacial score (nSPS) is 11.2. The van der Waals surface area contributed by atoms with E-state index >= 15 is 0 Å². The van der Waals surface area contributed by atoms with Crippen LogP contribution in [0.25, 0.3) is 0 Å². The minimum atomic E-state index is -0.922. The van der Waals surface area contributed by atoms with Crippen LogP contribution in [0, 0.1) is 11.8 Å². The third kappa shape index (κ3) is 3.46. The van der Waals surface area contributed by atoms with Gasteiger partial charge in [0.05, 0.1) is 0 Å². The summed E-state index contributed by atoms with van der Waals surface area (Å²) in [5.41, 5.74) is 2.29. The lowest BCUT2D eigenvalue weighted by Crippen LogP contribution is -2.06. The summed E-state index contributed by atoms with van der Waals surface area (Å²) in [5, 5.41) is 9.05. The Morgan fingerprint density at radius 1 is 1.00 bits per heavy atom.